The average Bonchev–Trinajstić information content (AvgIpc) is 3.85. The van der Waals surface area contributed by atoms with Crippen molar-refractivity contribution in [3.63, 3.8) is 0 Å². The maximum atomic E-state index is 13.9. The Labute approximate surface area is 269 Å². The van der Waals surface area contributed by atoms with Crippen LogP contribution in [0.2, 0.25) is 0 Å². The zero-order valence-electron chi connectivity index (χ0n) is 25.3. The number of nitrogens with zero attached hydrogens (tertiary/aromatic N) is 5. The van der Waals surface area contributed by atoms with Crippen LogP contribution in [0.1, 0.15) is 25.2 Å². The molecule has 0 aliphatic rings. The lowest BCUT2D eigenvalue weighted by Gasteiger charge is -2.26. The van der Waals surface area contributed by atoms with Crippen molar-refractivity contribution in [2.24, 2.45) is 0 Å². The maximum absolute atomic E-state index is 13.9. The summed E-state index contributed by atoms with van der Waals surface area (Å²) >= 11 is 3.18. The Morgan fingerprint density at radius 2 is 1.64 bits per heavy atom. The molecule has 0 saturated carbocycles. The van der Waals surface area contributed by atoms with Crippen molar-refractivity contribution in [3.8, 4) is 39.9 Å². The number of benzene rings is 3. The van der Waals surface area contributed by atoms with Crippen molar-refractivity contribution in [3.05, 3.63) is 113 Å². The van der Waals surface area contributed by atoms with E-state index < -0.39 is 5.41 Å². The van der Waals surface area contributed by atoms with Gasteiger partial charge in [0, 0.05) is 34.3 Å². The highest BCUT2D eigenvalue weighted by molar-refractivity contribution is 7.99. The van der Waals surface area contributed by atoms with Crippen molar-refractivity contribution in [1.29, 1.82) is 0 Å². The standard InChI is InChI=1S/C34H32FN5O3S2/c1-34(2,24-5-14-30(41-3)31(19-24)42-4)32-37-38-33(40(32)27-8-6-25(35)7-9-27)45-18-16-43-28-12-10-26(11-13-28)39-20-29(36-22-39)23-15-17-44-21-23/h5-15,17,19-22H,16,18H2,1-4H3. The summed E-state index contributed by atoms with van der Waals surface area (Å²) in [6, 6.07) is 22.2. The number of aromatic nitrogens is 5. The number of hydrogen-bond donors (Lipinski definition) is 0. The second-order valence-electron chi connectivity index (χ2n) is 10.7. The highest BCUT2D eigenvalue weighted by Crippen LogP contribution is 2.38. The van der Waals surface area contributed by atoms with Gasteiger partial charge in [0.25, 0.3) is 0 Å². The van der Waals surface area contributed by atoms with E-state index in [0.717, 1.165) is 33.9 Å². The number of imidazole rings is 1. The average molecular weight is 642 g/mol. The van der Waals surface area contributed by atoms with Gasteiger partial charge in [-0.25, -0.2) is 9.37 Å². The predicted molar refractivity (Wildman–Crippen MR) is 176 cm³/mol. The molecule has 230 valence electrons. The van der Waals surface area contributed by atoms with Crippen molar-refractivity contribution < 1.29 is 18.6 Å². The second kappa shape index (κ2) is 13.2. The monoisotopic (exact) mass is 641 g/mol. The van der Waals surface area contributed by atoms with Gasteiger partial charge in [-0.2, -0.15) is 11.3 Å². The molecular weight excluding hydrogens is 610 g/mol. The summed E-state index contributed by atoms with van der Waals surface area (Å²) in [5.41, 5.74) is 4.23. The van der Waals surface area contributed by atoms with Crippen LogP contribution in [0.15, 0.2) is 101 Å². The van der Waals surface area contributed by atoms with Crippen molar-refractivity contribution >= 4 is 23.1 Å². The van der Waals surface area contributed by atoms with E-state index in [1.165, 1.54) is 23.9 Å². The number of halogens is 1. The molecular formula is C34H32FN5O3S2. The number of hydrogen-bond acceptors (Lipinski definition) is 8. The number of thiophene rings is 1. The molecule has 0 saturated heterocycles. The summed E-state index contributed by atoms with van der Waals surface area (Å²) in [5.74, 6) is 3.08. The Kier molecular flexibility index (Phi) is 8.90. The third-order valence-corrected chi connectivity index (χ3v) is 9.08. The van der Waals surface area contributed by atoms with Crippen LogP contribution in [-0.4, -0.2) is 50.9 Å². The molecule has 3 heterocycles. The van der Waals surface area contributed by atoms with Crippen LogP contribution >= 0.6 is 23.1 Å². The molecule has 0 N–H and O–H groups in total. The lowest BCUT2D eigenvalue weighted by Crippen LogP contribution is -2.24. The molecule has 0 aliphatic carbocycles. The minimum Gasteiger partial charge on any atom is -0.493 e. The van der Waals surface area contributed by atoms with Crippen molar-refractivity contribution in [2.75, 3.05) is 26.6 Å². The lowest BCUT2D eigenvalue weighted by atomic mass is 9.83. The van der Waals surface area contributed by atoms with E-state index in [2.05, 4.69) is 40.5 Å². The van der Waals surface area contributed by atoms with Gasteiger partial charge in [0.05, 0.1) is 38.3 Å². The van der Waals surface area contributed by atoms with E-state index in [9.17, 15) is 4.39 Å². The molecule has 3 aromatic heterocycles. The minimum atomic E-state index is -0.572. The number of thioether (sulfide) groups is 1. The third kappa shape index (κ3) is 6.45. The fourth-order valence-corrected chi connectivity index (χ4v) is 6.39. The van der Waals surface area contributed by atoms with Crippen LogP contribution in [0.3, 0.4) is 0 Å². The quantitative estimate of drug-likeness (QED) is 0.0996. The maximum Gasteiger partial charge on any atom is 0.195 e. The minimum absolute atomic E-state index is 0.308. The largest absolute Gasteiger partial charge is 0.493 e. The van der Waals surface area contributed by atoms with E-state index in [1.807, 2.05) is 69.5 Å². The first-order valence-electron chi connectivity index (χ1n) is 14.2. The summed E-state index contributed by atoms with van der Waals surface area (Å²) in [5, 5.41) is 14.0. The number of methoxy groups -OCH3 is 2. The Hall–Kier alpha value is -4.61. The molecule has 0 atom stereocenters. The highest BCUT2D eigenvalue weighted by atomic mass is 32.2. The Morgan fingerprint density at radius 3 is 2.36 bits per heavy atom. The smallest absolute Gasteiger partial charge is 0.195 e. The molecule has 0 unspecified atom stereocenters. The summed E-state index contributed by atoms with van der Waals surface area (Å²) < 4.78 is 34.9. The first-order valence-corrected chi connectivity index (χ1v) is 16.2. The fraction of sp³-hybridized carbons (Fsp3) is 0.206. The van der Waals surface area contributed by atoms with Crippen LogP contribution in [0.4, 0.5) is 4.39 Å². The summed E-state index contributed by atoms with van der Waals surface area (Å²) in [6.45, 7) is 4.61. The van der Waals surface area contributed by atoms with Crippen molar-refractivity contribution in [1.82, 2.24) is 24.3 Å². The van der Waals surface area contributed by atoms with E-state index in [0.29, 0.717) is 34.8 Å². The molecule has 6 aromatic rings. The van der Waals surface area contributed by atoms with Gasteiger partial charge in [-0.15, -0.1) is 10.2 Å². The van der Waals surface area contributed by atoms with Crippen LogP contribution in [-0.2, 0) is 5.41 Å². The topological polar surface area (TPSA) is 76.2 Å². The Balaban J connectivity index is 1.17. The highest BCUT2D eigenvalue weighted by Gasteiger charge is 2.32. The summed E-state index contributed by atoms with van der Waals surface area (Å²) in [7, 11) is 3.22. The Bertz CT molecular complexity index is 1870. The van der Waals surface area contributed by atoms with Crippen LogP contribution in [0.25, 0.3) is 22.6 Å². The van der Waals surface area contributed by atoms with Gasteiger partial charge < -0.3 is 18.8 Å². The van der Waals surface area contributed by atoms with Gasteiger partial charge in [0.1, 0.15) is 17.4 Å². The first-order chi connectivity index (χ1) is 21.9. The van der Waals surface area contributed by atoms with Gasteiger partial charge >= 0.3 is 0 Å². The molecule has 0 spiro atoms. The molecule has 0 fully saturated rings. The van der Waals surface area contributed by atoms with E-state index >= 15 is 0 Å². The fourth-order valence-electron chi connectivity index (χ4n) is 4.98. The lowest BCUT2D eigenvalue weighted by molar-refractivity contribution is 0.344. The molecule has 0 radical (unpaired) electrons. The molecule has 8 nitrogen and oxygen atoms in total. The molecule has 0 bridgehead atoms. The van der Waals surface area contributed by atoms with E-state index in [4.69, 9.17) is 14.2 Å². The number of rotatable bonds is 12. The van der Waals surface area contributed by atoms with E-state index in [1.54, 1.807) is 37.7 Å². The van der Waals surface area contributed by atoms with Gasteiger partial charge in [0.15, 0.2) is 16.7 Å². The zero-order chi connectivity index (χ0) is 31.4. The molecule has 45 heavy (non-hydrogen) atoms. The van der Waals surface area contributed by atoms with E-state index in [-0.39, 0.29) is 5.82 Å². The van der Waals surface area contributed by atoms with Crippen molar-refractivity contribution in [2.45, 2.75) is 24.4 Å². The van der Waals surface area contributed by atoms with Crippen LogP contribution in [0.5, 0.6) is 17.2 Å². The van der Waals surface area contributed by atoms with Gasteiger partial charge in [-0.3, -0.25) is 4.57 Å². The van der Waals surface area contributed by atoms with Crippen LogP contribution in [0, 0.1) is 5.82 Å². The molecule has 3 aromatic carbocycles. The predicted octanol–water partition coefficient (Wildman–Crippen LogP) is 7.83. The van der Waals surface area contributed by atoms with Gasteiger partial charge in [0.2, 0.25) is 0 Å². The molecule has 0 aliphatic heterocycles. The summed E-state index contributed by atoms with van der Waals surface area (Å²) in [6.07, 6.45) is 3.84. The molecule has 0 amide bonds. The zero-order valence-corrected chi connectivity index (χ0v) is 26.9. The number of ether oxygens (including phenoxy) is 3. The second-order valence-corrected chi connectivity index (χ2v) is 12.5. The summed E-state index contributed by atoms with van der Waals surface area (Å²) in [4.78, 5) is 4.52. The first kappa shape index (κ1) is 30.4. The molecule has 11 heteroatoms. The normalized spacial score (nSPS) is 11.5. The van der Waals surface area contributed by atoms with Gasteiger partial charge in [-0.05, 0) is 91.5 Å². The SMILES string of the molecule is COc1ccc(C(C)(C)c2nnc(SCCOc3ccc(-n4cnc(-c5ccsc5)c4)cc3)n2-c2ccc(F)cc2)cc1OC. The van der Waals surface area contributed by atoms with Crippen LogP contribution < -0.4 is 14.2 Å². The Morgan fingerprint density at radius 1 is 0.889 bits per heavy atom. The van der Waals surface area contributed by atoms with Gasteiger partial charge in [-0.1, -0.05) is 17.8 Å². The third-order valence-electron chi connectivity index (χ3n) is 7.50. The molecule has 6 rings (SSSR count).